The van der Waals surface area contributed by atoms with Crippen molar-refractivity contribution in [3.8, 4) is 0 Å². The van der Waals surface area contributed by atoms with Crippen molar-refractivity contribution >= 4 is 40.9 Å². The molecule has 5 N–H and O–H groups in total. The summed E-state index contributed by atoms with van der Waals surface area (Å²) in [5, 5.41) is 28.2. The van der Waals surface area contributed by atoms with Crippen molar-refractivity contribution < 1.29 is 53.4 Å². The van der Waals surface area contributed by atoms with E-state index in [-0.39, 0.29) is 5.82 Å². The fourth-order valence-electron chi connectivity index (χ4n) is 4.61. The molecule has 4 heterocycles. The second-order valence-electron chi connectivity index (χ2n) is 9.17. The number of nitrogens with two attached hydrogens (primary N) is 1. The average Bonchev–Trinajstić information content (AvgIpc) is 3.52. The lowest BCUT2D eigenvalue weighted by Gasteiger charge is -2.24. The van der Waals surface area contributed by atoms with E-state index in [9.17, 15) is 34.5 Å². The third kappa shape index (κ3) is 4.49. The van der Waals surface area contributed by atoms with Crippen molar-refractivity contribution in [3.63, 3.8) is 0 Å². The molecule has 2 saturated heterocycles. The molecule has 0 amide bonds. The van der Waals surface area contributed by atoms with Gasteiger partial charge in [0.05, 0.1) is 28.6 Å². The summed E-state index contributed by atoms with van der Waals surface area (Å²) in [6.07, 6.45) is -0.469. The van der Waals surface area contributed by atoms with Gasteiger partial charge in [-0.15, -0.1) is 0 Å². The van der Waals surface area contributed by atoms with Gasteiger partial charge >= 0.3 is 23.9 Å². The Balaban J connectivity index is 1.42. The van der Waals surface area contributed by atoms with Gasteiger partial charge in [0.25, 0.3) is 0 Å². The Hall–Kier alpha value is -4.67. The Kier molecular flexibility index (Phi) is 6.16. The van der Waals surface area contributed by atoms with Crippen LogP contribution in [0.25, 0.3) is 11.2 Å². The minimum Gasteiger partial charge on any atom is -0.478 e. The summed E-state index contributed by atoms with van der Waals surface area (Å²) in [4.78, 5) is 60.0. The number of nitrogens with zero attached hydrogens (tertiary/aromatic N) is 4. The first-order valence-corrected chi connectivity index (χ1v) is 11.4. The molecular weight excluding hydrogens is 522 g/mol. The number of anilines is 1. The van der Waals surface area contributed by atoms with Crippen LogP contribution in [0.5, 0.6) is 0 Å². The highest BCUT2D eigenvalue weighted by atomic mass is 16.8. The number of rotatable bonds is 7. The molecule has 0 saturated carbocycles. The zero-order valence-corrected chi connectivity index (χ0v) is 20.3. The molecule has 0 bridgehead atoms. The lowest BCUT2D eigenvalue weighted by molar-refractivity contribution is -0.199. The molecule has 0 spiro atoms. The third-order valence-corrected chi connectivity index (χ3v) is 6.23. The van der Waals surface area contributed by atoms with Crippen LogP contribution in [-0.4, -0.2) is 89.4 Å². The Morgan fingerprint density at radius 1 is 0.949 bits per heavy atom. The highest BCUT2D eigenvalue weighted by Crippen LogP contribution is 2.44. The number of esters is 1. The molecule has 2 fully saturated rings. The molecule has 0 aliphatic carbocycles. The van der Waals surface area contributed by atoms with Gasteiger partial charge in [0, 0.05) is 0 Å². The summed E-state index contributed by atoms with van der Waals surface area (Å²) in [7, 11) is 0. The number of carbonyl (C=O) groups is 4. The monoisotopic (exact) mass is 543 g/mol. The number of ether oxygens (including phenoxy) is 4. The van der Waals surface area contributed by atoms with Crippen molar-refractivity contribution in [2.45, 2.75) is 44.2 Å². The van der Waals surface area contributed by atoms with Crippen LogP contribution in [0.15, 0.2) is 24.8 Å². The summed E-state index contributed by atoms with van der Waals surface area (Å²) in [6, 6.07) is 1.25. The second-order valence-corrected chi connectivity index (χ2v) is 9.17. The maximum Gasteiger partial charge on any atom is 0.339 e. The van der Waals surface area contributed by atoms with Gasteiger partial charge in [0.15, 0.2) is 23.5 Å². The van der Waals surface area contributed by atoms with Crippen LogP contribution in [-0.2, 0) is 18.9 Å². The summed E-state index contributed by atoms with van der Waals surface area (Å²) in [6.45, 7) is 2.93. The number of carboxylic acids is 3. The molecule has 3 aromatic rings. The molecule has 16 nitrogen and oxygen atoms in total. The third-order valence-electron chi connectivity index (χ3n) is 6.23. The molecule has 2 aliphatic heterocycles. The van der Waals surface area contributed by atoms with Crippen molar-refractivity contribution in [2.75, 3.05) is 12.3 Å². The first-order valence-electron chi connectivity index (χ1n) is 11.4. The van der Waals surface area contributed by atoms with Crippen molar-refractivity contribution in [1.29, 1.82) is 0 Å². The molecular formula is C23H21N5O11. The molecule has 2 aliphatic rings. The zero-order valence-electron chi connectivity index (χ0n) is 20.3. The maximum absolute atomic E-state index is 12.9. The SMILES string of the molecule is CC1(C)O[C@@H]2[C@H](O1)[C@@H](COC(=O)c1cc(C(=O)O)c(C(=O)O)cc1C(=O)O)O[C@H]2n1cnc2c(N)ncnc21. The standard InChI is InChI=1S/C23H21N5O11/c1-23(2)38-14-12(37-18(15(14)39-23)28-7-27-13-16(24)25-6-26-17(13)28)5-36-22(35)11-4-9(20(31)32)8(19(29)30)3-10(11)21(33)34/h3-4,6-7,12,14-15,18H,5H2,1-2H3,(H,29,30)(H,31,32)(H,33,34)(H2,24,25,26)/t12-,14-,15-,18-/m1/s1. The summed E-state index contributed by atoms with van der Waals surface area (Å²) >= 11 is 0. The van der Waals surface area contributed by atoms with Gasteiger partial charge in [-0.1, -0.05) is 0 Å². The predicted octanol–water partition coefficient (Wildman–Crippen LogP) is 0.778. The van der Waals surface area contributed by atoms with Gasteiger partial charge in [-0.3, -0.25) is 4.57 Å². The van der Waals surface area contributed by atoms with Crippen LogP contribution in [0, 0.1) is 0 Å². The van der Waals surface area contributed by atoms with E-state index in [2.05, 4.69) is 15.0 Å². The number of hydrogen-bond donors (Lipinski definition) is 4. The van der Waals surface area contributed by atoms with E-state index < -0.39 is 83.1 Å². The number of carboxylic acid groups (broad SMARTS) is 3. The van der Waals surface area contributed by atoms with Crippen molar-refractivity contribution in [2.24, 2.45) is 0 Å². The van der Waals surface area contributed by atoms with Crippen LogP contribution in [0.2, 0.25) is 0 Å². The van der Waals surface area contributed by atoms with E-state index in [4.69, 9.17) is 24.7 Å². The number of aromatic nitrogens is 4. The van der Waals surface area contributed by atoms with Crippen LogP contribution < -0.4 is 5.73 Å². The fraction of sp³-hybridized carbons (Fsp3) is 0.348. The van der Waals surface area contributed by atoms with E-state index in [1.165, 1.54) is 12.7 Å². The molecule has 1 aromatic carbocycles. The Morgan fingerprint density at radius 3 is 2.18 bits per heavy atom. The van der Waals surface area contributed by atoms with E-state index in [1.54, 1.807) is 18.4 Å². The highest BCUT2D eigenvalue weighted by Gasteiger charge is 2.56. The average molecular weight is 543 g/mol. The Labute approximate surface area is 217 Å². The van der Waals surface area contributed by atoms with E-state index >= 15 is 0 Å². The molecule has 204 valence electrons. The van der Waals surface area contributed by atoms with Crippen molar-refractivity contribution in [1.82, 2.24) is 19.5 Å². The fourth-order valence-corrected chi connectivity index (χ4v) is 4.61. The number of fused-ring (bicyclic) bond motifs is 2. The topological polar surface area (TPSA) is 236 Å². The number of carbonyl (C=O) groups excluding carboxylic acids is 1. The van der Waals surface area contributed by atoms with Gasteiger partial charge in [0.2, 0.25) is 0 Å². The molecule has 2 aromatic heterocycles. The first-order chi connectivity index (χ1) is 18.4. The zero-order chi connectivity index (χ0) is 28.2. The van der Waals surface area contributed by atoms with Crippen LogP contribution in [0.4, 0.5) is 5.82 Å². The maximum atomic E-state index is 12.9. The lowest BCUT2D eigenvalue weighted by Crippen LogP contribution is -2.34. The van der Waals surface area contributed by atoms with Crippen LogP contribution in [0.1, 0.15) is 61.5 Å². The largest absolute Gasteiger partial charge is 0.478 e. The highest BCUT2D eigenvalue weighted by molar-refractivity contribution is 6.09. The Bertz CT molecular complexity index is 1530. The molecule has 4 atom stereocenters. The molecule has 16 heteroatoms. The predicted molar refractivity (Wildman–Crippen MR) is 125 cm³/mol. The minimum absolute atomic E-state index is 0.159. The van der Waals surface area contributed by atoms with Gasteiger partial charge in [0.1, 0.15) is 36.8 Å². The first kappa shape index (κ1) is 26.0. The summed E-state index contributed by atoms with van der Waals surface area (Å²) in [5.74, 6) is -7.07. The van der Waals surface area contributed by atoms with Crippen LogP contribution in [0.3, 0.4) is 0 Å². The summed E-state index contributed by atoms with van der Waals surface area (Å²) < 4.78 is 25.0. The quantitative estimate of drug-likeness (QED) is 0.301. The Morgan fingerprint density at radius 2 is 1.54 bits per heavy atom. The van der Waals surface area contributed by atoms with E-state index in [0.29, 0.717) is 23.3 Å². The molecule has 0 radical (unpaired) electrons. The lowest BCUT2D eigenvalue weighted by atomic mass is 9.98. The van der Waals surface area contributed by atoms with Gasteiger partial charge in [-0.05, 0) is 26.0 Å². The van der Waals surface area contributed by atoms with Crippen molar-refractivity contribution in [3.05, 3.63) is 47.0 Å². The van der Waals surface area contributed by atoms with E-state index in [0.717, 1.165) is 0 Å². The second kappa shape index (κ2) is 9.26. The molecule has 39 heavy (non-hydrogen) atoms. The number of benzene rings is 1. The van der Waals surface area contributed by atoms with Gasteiger partial charge in [-0.2, -0.15) is 0 Å². The number of aromatic carboxylic acids is 3. The smallest absolute Gasteiger partial charge is 0.339 e. The number of hydrogen-bond acceptors (Lipinski definition) is 12. The molecule has 5 rings (SSSR count). The number of imidazole rings is 1. The normalized spacial score (nSPS) is 23.4. The molecule has 0 unspecified atom stereocenters. The van der Waals surface area contributed by atoms with Crippen LogP contribution >= 0.6 is 0 Å². The van der Waals surface area contributed by atoms with E-state index in [1.807, 2.05) is 0 Å². The number of nitrogen functional groups attached to an aromatic ring is 1. The van der Waals surface area contributed by atoms with Gasteiger partial charge < -0.3 is 40.0 Å². The summed E-state index contributed by atoms with van der Waals surface area (Å²) in [5.41, 5.74) is 3.62. The van der Waals surface area contributed by atoms with Gasteiger partial charge in [-0.25, -0.2) is 34.1 Å². The minimum atomic E-state index is -1.67.